The van der Waals surface area contributed by atoms with Gasteiger partial charge in [-0.2, -0.15) is 0 Å². The lowest BCUT2D eigenvalue weighted by atomic mass is 9.81. The van der Waals surface area contributed by atoms with Crippen LogP contribution in [0.4, 0.5) is 0 Å². The molecule has 4 heteroatoms. The van der Waals surface area contributed by atoms with Crippen molar-refractivity contribution in [1.29, 1.82) is 0 Å². The zero-order valence-electron chi connectivity index (χ0n) is 13.4. The Morgan fingerprint density at radius 1 is 1.14 bits per heavy atom. The van der Waals surface area contributed by atoms with Gasteiger partial charge in [-0.15, -0.1) is 0 Å². The number of aryl methyl sites for hydroxylation is 1. The number of nitrogens with zero attached hydrogens (tertiary/aromatic N) is 1. The van der Waals surface area contributed by atoms with Gasteiger partial charge in [0.15, 0.2) is 0 Å². The maximum Gasteiger partial charge on any atom is 0.306 e. The summed E-state index contributed by atoms with van der Waals surface area (Å²) in [7, 11) is 1.81. The fourth-order valence-corrected chi connectivity index (χ4v) is 3.18. The molecule has 1 N–H and O–H groups in total. The van der Waals surface area contributed by atoms with Crippen LogP contribution < -0.4 is 0 Å². The van der Waals surface area contributed by atoms with E-state index < -0.39 is 5.97 Å². The number of carboxylic acids is 1. The minimum Gasteiger partial charge on any atom is -0.481 e. The first-order chi connectivity index (χ1) is 10.5. The molecule has 1 aliphatic rings. The first kappa shape index (κ1) is 16.5. The van der Waals surface area contributed by atoms with E-state index in [1.165, 1.54) is 5.56 Å². The maximum absolute atomic E-state index is 12.5. The average Bonchev–Trinajstić information content (AvgIpc) is 2.54. The lowest BCUT2D eigenvalue weighted by Crippen LogP contribution is -2.36. The van der Waals surface area contributed by atoms with Crippen molar-refractivity contribution in [2.24, 2.45) is 11.8 Å². The molecule has 0 aromatic heterocycles. The number of amides is 1. The van der Waals surface area contributed by atoms with Gasteiger partial charge in [0.1, 0.15) is 0 Å². The third kappa shape index (κ3) is 4.09. The lowest BCUT2D eigenvalue weighted by molar-refractivity contribution is -0.145. The number of aliphatic carboxylic acids is 1. The summed E-state index contributed by atoms with van der Waals surface area (Å²) in [6.07, 6.45) is 3.82. The van der Waals surface area contributed by atoms with E-state index in [0.717, 1.165) is 24.8 Å². The summed E-state index contributed by atoms with van der Waals surface area (Å²) in [6.45, 7) is 2.70. The molecule has 0 aliphatic heterocycles. The van der Waals surface area contributed by atoms with Crippen molar-refractivity contribution in [3.05, 3.63) is 35.4 Å². The third-order valence-electron chi connectivity index (χ3n) is 4.60. The van der Waals surface area contributed by atoms with Gasteiger partial charge < -0.3 is 10.0 Å². The molecule has 0 bridgehead atoms. The molecule has 0 spiro atoms. The van der Waals surface area contributed by atoms with Crippen LogP contribution in [-0.4, -0.2) is 28.9 Å². The van der Waals surface area contributed by atoms with Crippen molar-refractivity contribution in [2.45, 2.75) is 45.6 Å². The second kappa shape index (κ2) is 7.43. The largest absolute Gasteiger partial charge is 0.481 e. The molecule has 1 fully saturated rings. The standard InChI is InChI=1S/C18H25NO3/c1-3-13-7-9-14(10-8-13)12-19(2)17(20)15-5-4-6-16(11-15)18(21)22/h7-10,15-16H,3-6,11-12H2,1-2H3,(H,21,22). The Kier molecular flexibility index (Phi) is 5.58. The molecule has 2 unspecified atom stereocenters. The SMILES string of the molecule is CCc1ccc(CN(C)C(=O)C2CCCC(C(=O)O)C2)cc1. The Morgan fingerprint density at radius 3 is 2.32 bits per heavy atom. The number of hydrogen-bond acceptors (Lipinski definition) is 2. The molecular formula is C18H25NO3. The highest BCUT2D eigenvalue weighted by Crippen LogP contribution is 2.30. The molecule has 0 saturated heterocycles. The van der Waals surface area contributed by atoms with E-state index in [4.69, 9.17) is 5.11 Å². The Bertz CT molecular complexity index is 524. The van der Waals surface area contributed by atoms with Crippen LogP contribution in [0.3, 0.4) is 0 Å². The van der Waals surface area contributed by atoms with Crippen LogP contribution in [0.2, 0.25) is 0 Å². The second-order valence-electron chi connectivity index (χ2n) is 6.26. The predicted octanol–water partition coefficient (Wildman–Crippen LogP) is 3.10. The number of carbonyl (C=O) groups is 2. The minimum absolute atomic E-state index is 0.0746. The normalized spacial score (nSPS) is 21.4. The highest BCUT2D eigenvalue weighted by molar-refractivity contribution is 5.80. The van der Waals surface area contributed by atoms with Gasteiger partial charge in [0.2, 0.25) is 5.91 Å². The van der Waals surface area contributed by atoms with Crippen LogP contribution in [0, 0.1) is 11.8 Å². The molecule has 1 aromatic rings. The number of carboxylic acid groups (broad SMARTS) is 1. The molecule has 1 aliphatic carbocycles. The zero-order valence-corrected chi connectivity index (χ0v) is 13.4. The predicted molar refractivity (Wildman–Crippen MR) is 85.4 cm³/mol. The Labute approximate surface area is 132 Å². The van der Waals surface area contributed by atoms with E-state index in [1.54, 1.807) is 11.9 Å². The van der Waals surface area contributed by atoms with Gasteiger partial charge in [-0.25, -0.2) is 0 Å². The van der Waals surface area contributed by atoms with Gasteiger partial charge in [0.05, 0.1) is 5.92 Å². The topological polar surface area (TPSA) is 57.6 Å². The molecule has 1 amide bonds. The van der Waals surface area contributed by atoms with Crippen molar-refractivity contribution in [3.8, 4) is 0 Å². The summed E-state index contributed by atoms with van der Waals surface area (Å²) < 4.78 is 0. The molecule has 2 rings (SSSR count). The number of benzene rings is 1. The van der Waals surface area contributed by atoms with E-state index in [2.05, 4.69) is 31.2 Å². The highest BCUT2D eigenvalue weighted by Gasteiger charge is 2.32. The molecule has 4 nitrogen and oxygen atoms in total. The average molecular weight is 303 g/mol. The molecule has 22 heavy (non-hydrogen) atoms. The van der Waals surface area contributed by atoms with Gasteiger partial charge >= 0.3 is 5.97 Å². The van der Waals surface area contributed by atoms with Crippen LogP contribution in [0.25, 0.3) is 0 Å². The van der Waals surface area contributed by atoms with Gasteiger partial charge in [-0.05, 0) is 36.8 Å². The molecule has 1 aromatic carbocycles. The second-order valence-corrected chi connectivity index (χ2v) is 6.26. The maximum atomic E-state index is 12.5. The highest BCUT2D eigenvalue weighted by atomic mass is 16.4. The van der Waals surface area contributed by atoms with E-state index >= 15 is 0 Å². The van der Waals surface area contributed by atoms with Gasteiger partial charge in [0.25, 0.3) is 0 Å². The number of hydrogen-bond donors (Lipinski definition) is 1. The van der Waals surface area contributed by atoms with Crippen LogP contribution in [-0.2, 0) is 22.6 Å². The fraction of sp³-hybridized carbons (Fsp3) is 0.556. The summed E-state index contributed by atoms with van der Waals surface area (Å²) in [4.78, 5) is 25.4. The first-order valence-corrected chi connectivity index (χ1v) is 8.06. The molecule has 2 atom stereocenters. The minimum atomic E-state index is -0.768. The van der Waals surface area contributed by atoms with Crippen LogP contribution in [0.1, 0.15) is 43.7 Å². The molecule has 1 saturated carbocycles. The van der Waals surface area contributed by atoms with Crippen LogP contribution >= 0.6 is 0 Å². The van der Waals surface area contributed by atoms with Gasteiger partial charge in [-0.1, -0.05) is 37.6 Å². The van der Waals surface area contributed by atoms with E-state index in [9.17, 15) is 9.59 Å². The Morgan fingerprint density at radius 2 is 1.73 bits per heavy atom. The van der Waals surface area contributed by atoms with Crippen molar-refractivity contribution in [3.63, 3.8) is 0 Å². The monoisotopic (exact) mass is 303 g/mol. The van der Waals surface area contributed by atoms with E-state index in [-0.39, 0.29) is 17.7 Å². The molecule has 0 heterocycles. The third-order valence-corrected chi connectivity index (χ3v) is 4.60. The number of carbonyl (C=O) groups excluding carboxylic acids is 1. The lowest BCUT2D eigenvalue weighted by Gasteiger charge is -2.29. The van der Waals surface area contributed by atoms with Crippen molar-refractivity contribution in [1.82, 2.24) is 4.90 Å². The Balaban J connectivity index is 1.94. The zero-order chi connectivity index (χ0) is 16.1. The van der Waals surface area contributed by atoms with Crippen LogP contribution in [0.15, 0.2) is 24.3 Å². The molecular weight excluding hydrogens is 278 g/mol. The first-order valence-electron chi connectivity index (χ1n) is 8.06. The number of rotatable bonds is 5. The van der Waals surface area contributed by atoms with E-state index in [1.807, 2.05) is 0 Å². The summed E-state index contributed by atoms with van der Waals surface area (Å²) in [5, 5.41) is 9.14. The Hall–Kier alpha value is -1.84. The fourth-order valence-electron chi connectivity index (χ4n) is 3.18. The van der Waals surface area contributed by atoms with E-state index in [0.29, 0.717) is 19.4 Å². The summed E-state index contributed by atoms with van der Waals surface area (Å²) >= 11 is 0. The quantitative estimate of drug-likeness (QED) is 0.909. The van der Waals surface area contributed by atoms with Gasteiger partial charge in [-0.3, -0.25) is 9.59 Å². The molecule has 120 valence electrons. The summed E-state index contributed by atoms with van der Waals surface area (Å²) in [6, 6.07) is 8.30. The summed E-state index contributed by atoms with van der Waals surface area (Å²) in [5.74, 6) is -1.20. The summed E-state index contributed by atoms with van der Waals surface area (Å²) in [5.41, 5.74) is 2.40. The van der Waals surface area contributed by atoms with Crippen molar-refractivity contribution in [2.75, 3.05) is 7.05 Å². The van der Waals surface area contributed by atoms with Crippen molar-refractivity contribution < 1.29 is 14.7 Å². The smallest absolute Gasteiger partial charge is 0.306 e. The van der Waals surface area contributed by atoms with Gasteiger partial charge in [0, 0.05) is 19.5 Å². The van der Waals surface area contributed by atoms with Crippen LogP contribution in [0.5, 0.6) is 0 Å². The van der Waals surface area contributed by atoms with Crippen molar-refractivity contribution >= 4 is 11.9 Å². The molecule has 0 radical (unpaired) electrons.